The molecule has 0 amide bonds. The molecular formula is C9H9ClN4O2S. The minimum atomic E-state index is -3.74. The Hall–Kier alpha value is -1.73. The number of anilines is 2. The van der Waals surface area contributed by atoms with Crippen molar-refractivity contribution in [3.05, 3.63) is 35.5 Å². The lowest BCUT2D eigenvalue weighted by Crippen LogP contribution is -2.13. The molecule has 8 heteroatoms. The lowest BCUT2D eigenvalue weighted by atomic mass is 10.3. The van der Waals surface area contributed by atoms with E-state index in [0.717, 1.165) is 6.20 Å². The molecule has 1 aromatic carbocycles. The Morgan fingerprint density at radius 3 is 2.76 bits per heavy atom. The van der Waals surface area contributed by atoms with E-state index in [1.54, 1.807) is 18.2 Å². The molecule has 6 nitrogen and oxygen atoms in total. The maximum Gasteiger partial charge on any atom is 0.267 e. The third-order valence-electron chi connectivity index (χ3n) is 2.00. The zero-order valence-electron chi connectivity index (χ0n) is 8.51. The molecule has 0 aliphatic heterocycles. The Labute approximate surface area is 103 Å². The molecule has 1 aromatic heterocycles. The lowest BCUT2D eigenvalue weighted by Gasteiger charge is -2.06. The van der Waals surface area contributed by atoms with Gasteiger partial charge in [0.2, 0.25) is 0 Å². The predicted octanol–water partition coefficient (Wildman–Crippen LogP) is 1.45. The second kappa shape index (κ2) is 4.27. The number of nitrogens with zero attached hydrogens (tertiary/aromatic N) is 1. The molecule has 0 radical (unpaired) electrons. The van der Waals surface area contributed by atoms with E-state index in [1.807, 2.05) is 0 Å². The Kier molecular flexibility index (Phi) is 2.95. The molecule has 90 valence electrons. The minimum absolute atomic E-state index is 0.0143. The van der Waals surface area contributed by atoms with Crippen LogP contribution in [0, 0.1) is 0 Å². The number of halogens is 1. The number of hydrogen-bond acceptors (Lipinski definition) is 4. The van der Waals surface area contributed by atoms with Crippen molar-refractivity contribution in [3.63, 3.8) is 0 Å². The van der Waals surface area contributed by atoms with E-state index in [4.69, 9.17) is 17.3 Å². The summed E-state index contributed by atoms with van der Waals surface area (Å²) in [5.74, 6) is -0.0143. The van der Waals surface area contributed by atoms with Crippen LogP contribution in [0.3, 0.4) is 0 Å². The van der Waals surface area contributed by atoms with E-state index >= 15 is 0 Å². The average Bonchev–Trinajstić information content (AvgIpc) is 2.64. The SMILES string of the molecule is Nc1[nH]ncc1S(=O)(=O)Nc1cccc(Cl)c1. The van der Waals surface area contributed by atoms with Crippen molar-refractivity contribution in [2.45, 2.75) is 4.90 Å². The monoisotopic (exact) mass is 272 g/mol. The highest BCUT2D eigenvalue weighted by Gasteiger charge is 2.19. The van der Waals surface area contributed by atoms with Gasteiger partial charge in [-0.3, -0.25) is 9.82 Å². The number of sulfonamides is 1. The van der Waals surface area contributed by atoms with Crippen molar-refractivity contribution < 1.29 is 8.42 Å². The van der Waals surface area contributed by atoms with Crippen molar-refractivity contribution in [2.75, 3.05) is 10.5 Å². The highest BCUT2D eigenvalue weighted by molar-refractivity contribution is 7.92. The van der Waals surface area contributed by atoms with Gasteiger partial charge in [0, 0.05) is 5.02 Å². The molecule has 0 aliphatic carbocycles. The van der Waals surface area contributed by atoms with E-state index in [9.17, 15) is 8.42 Å². The van der Waals surface area contributed by atoms with Crippen LogP contribution in [-0.2, 0) is 10.0 Å². The van der Waals surface area contributed by atoms with Gasteiger partial charge in [0.1, 0.15) is 10.7 Å². The van der Waals surface area contributed by atoms with E-state index in [-0.39, 0.29) is 10.7 Å². The zero-order chi connectivity index (χ0) is 12.5. The summed E-state index contributed by atoms with van der Waals surface area (Å²) in [5.41, 5.74) is 5.81. The first-order valence-electron chi connectivity index (χ1n) is 4.56. The molecule has 2 rings (SSSR count). The largest absolute Gasteiger partial charge is 0.383 e. The van der Waals surface area contributed by atoms with E-state index < -0.39 is 10.0 Å². The lowest BCUT2D eigenvalue weighted by molar-refractivity contribution is 0.601. The predicted molar refractivity (Wildman–Crippen MR) is 65.3 cm³/mol. The van der Waals surface area contributed by atoms with Gasteiger partial charge in [-0.25, -0.2) is 8.42 Å². The number of benzene rings is 1. The van der Waals surface area contributed by atoms with Crippen LogP contribution >= 0.6 is 11.6 Å². The quantitative estimate of drug-likeness (QED) is 0.787. The first-order valence-corrected chi connectivity index (χ1v) is 6.42. The third-order valence-corrected chi connectivity index (χ3v) is 3.64. The van der Waals surface area contributed by atoms with Crippen molar-refractivity contribution >= 4 is 33.1 Å². The van der Waals surface area contributed by atoms with Crippen LogP contribution in [0.4, 0.5) is 11.5 Å². The number of nitrogen functional groups attached to an aromatic ring is 1. The fraction of sp³-hybridized carbons (Fsp3) is 0. The van der Waals surface area contributed by atoms with E-state index in [2.05, 4.69) is 14.9 Å². The van der Waals surface area contributed by atoms with Gasteiger partial charge in [-0.05, 0) is 18.2 Å². The molecule has 2 aromatic rings. The van der Waals surface area contributed by atoms with E-state index in [1.165, 1.54) is 6.07 Å². The first-order chi connectivity index (χ1) is 7.99. The Bertz CT molecular complexity index is 638. The van der Waals surface area contributed by atoms with Gasteiger partial charge < -0.3 is 5.73 Å². The summed E-state index contributed by atoms with van der Waals surface area (Å²) >= 11 is 5.75. The van der Waals surface area contributed by atoms with Crippen molar-refractivity contribution in [3.8, 4) is 0 Å². The summed E-state index contributed by atoms with van der Waals surface area (Å²) in [6.45, 7) is 0. The number of nitrogens with one attached hydrogen (secondary N) is 2. The normalized spacial score (nSPS) is 11.4. The van der Waals surface area contributed by atoms with Crippen LogP contribution < -0.4 is 10.5 Å². The van der Waals surface area contributed by atoms with Gasteiger partial charge in [0.15, 0.2) is 0 Å². The number of aromatic amines is 1. The number of nitrogens with two attached hydrogens (primary N) is 1. The second-order valence-electron chi connectivity index (χ2n) is 3.26. The molecule has 0 aliphatic rings. The van der Waals surface area contributed by atoms with Gasteiger partial charge in [0.25, 0.3) is 10.0 Å². The van der Waals surface area contributed by atoms with Crippen molar-refractivity contribution in [2.24, 2.45) is 0 Å². The molecule has 0 atom stereocenters. The van der Waals surface area contributed by atoms with Crippen LogP contribution in [-0.4, -0.2) is 18.6 Å². The minimum Gasteiger partial charge on any atom is -0.383 e. The highest BCUT2D eigenvalue weighted by atomic mass is 35.5. The summed E-state index contributed by atoms with van der Waals surface area (Å²) in [5, 5.41) is 6.34. The van der Waals surface area contributed by atoms with Crippen LogP contribution in [0.1, 0.15) is 0 Å². The fourth-order valence-corrected chi connectivity index (χ4v) is 2.53. The van der Waals surface area contributed by atoms with Gasteiger partial charge >= 0.3 is 0 Å². The molecule has 4 N–H and O–H groups in total. The summed E-state index contributed by atoms with van der Waals surface area (Å²) in [4.78, 5) is -0.0996. The van der Waals surface area contributed by atoms with Crippen molar-refractivity contribution in [1.82, 2.24) is 10.2 Å². The number of aromatic nitrogens is 2. The summed E-state index contributed by atoms with van der Waals surface area (Å²) in [6.07, 6.45) is 1.14. The van der Waals surface area contributed by atoms with Crippen LogP contribution in [0.25, 0.3) is 0 Å². The van der Waals surface area contributed by atoms with Crippen molar-refractivity contribution in [1.29, 1.82) is 0 Å². The second-order valence-corrected chi connectivity index (χ2v) is 5.35. The first kappa shape index (κ1) is 11.7. The number of hydrogen-bond donors (Lipinski definition) is 3. The highest BCUT2D eigenvalue weighted by Crippen LogP contribution is 2.21. The molecule has 1 heterocycles. The number of rotatable bonds is 3. The standard InChI is InChI=1S/C9H9ClN4O2S/c10-6-2-1-3-7(4-6)14-17(15,16)8-5-12-13-9(8)11/h1-5,14H,(H3,11,12,13). The molecule has 0 bridgehead atoms. The van der Waals surface area contributed by atoms with Gasteiger partial charge in [-0.1, -0.05) is 17.7 Å². The molecular weight excluding hydrogens is 264 g/mol. The summed E-state index contributed by atoms with van der Waals surface area (Å²) in [7, 11) is -3.74. The van der Waals surface area contributed by atoms with Crippen LogP contribution in [0.15, 0.2) is 35.4 Å². The molecule has 0 saturated heterocycles. The Morgan fingerprint density at radius 2 is 2.18 bits per heavy atom. The third kappa shape index (κ3) is 2.51. The molecule has 0 spiro atoms. The molecule has 17 heavy (non-hydrogen) atoms. The topological polar surface area (TPSA) is 101 Å². The Balaban J connectivity index is 2.33. The maximum absolute atomic E-state index is 11.9. The average molecular weight is 273 g/mol. The maximum atomic E-state index is 11.9. The zero-order valence-corrected chi connectivity index (χ0v) is 10.1. The van der Waals surface area contributed by atoms with Gasteiger partial charge in [-0.15, -0.1) is 0 Å². The fourth-order valence-electron chi connectivity index (χ4n) is 1.26. The van der Waals surface area contributed by atoms with E-state index in [0.29, 0.717) is 10.7 Å². The molecule has 0 saturated carbocycles. The molecule has 0 fully saturated rings. The Morgan fingerprint density at radius 1 is 1.41 bits per heavy atom. The van der Waals surface area contributed by atoms with Gasteiger partial charge in [0.05, 0.1) is 11.9 Å². The smallest absolute Gasteiger partial charge is 0.267 e. The summed E-state index contributed by atoms with van der Waals surface area (Å²) in [6, 6.07) is 6.36. The number of H-pyrrole nitrogens is 1. The van der Waals surface area contributed by atoms with Crippen LogP contribution in [0.2, 0.25) is 5.02 Å². The van der Waals surface area contributed by atoms with Crippen LogP contribution in [0.5, 0.6) is 0 Å². The molecule has 0 unspecified atom stereocenters. The summed E-state index contributed by atoms with van der Waals surface area (Å²) < 4.78 is 26.2. The van der Waals surface area contributed by atoms with Gasteiger partial charge in [-0.2, -0.15) is 5.10 Å².